The third kappa shape index (κ3) is 3.86. The van der Waals surface area contributed by atoms with E-state index in [2.05, 4.69) is 13.8 Å². The van der Waals surface area contributed by atoms with Gasteiger partial charge in [0.25, 0.3) is 0 Å². The second-order valence-electron chi connectivity index (χ2n) is 4.62. The van der Waals surface area contributed by atoms with E-state index in [-0.39, 0.29) is 5.91 Å². The van der Waals surface area contributed by atoms with Crippen LogP contribution in [0.15, 0.2) is 30.3 Å². The van der Waals surface area contributed by atoms with Gasteiger partial charge in [0.2, 0.25) is 5.91 Å². The summed E-state index contributed by atoms with van der Waals surface area (Å²) in [6.07, 6.45) is 1.07. The summed E-state index contributed by atoms with van der Waals surface area (Å²) < 4.78 is 0. The lowest BCUT2D eigenvalue weighted by molar-refractivity contribution is -0.131. The highest BCUT2D eigenvalue weighted by Crippen LogP contribution is 2.13. The fraction of sp³-hybridized carbons (Fsp3) is 0.500. The van der Waals surface area contributed by atoms with Crippen LogP contribution < -0.4 is 5.73 Å². The lowest BCUT2D eigenvalue weighted by Crippen LogP contribution is -2.38. The second kappa shape index (κ2) is 6.40. The summed E-state index contributed by atoms with van der Waals surface area (Å²) >= 11 is 0. The van der Waals surface area contributed by atoms with Crippen molar-refractivity contribution >= 4 is 5.91 Å². The summed E-state index contributed by atoms with van der Waals surface area (Å²) in [7, 11) is 1.82. The lowest BCUT2D eigenvalue weighted by atomic mass is 10.1. The Kier molecular flexibility index (Phi) is 5.16. The zero-order chi connectivity index (χ0) is 12.8. The van der Waals surface area contributed by atoms with E-state index in [1.54, 1.807) is 4.90 Å². The van der Waals surface area contributed by atoms with Crippen LogP contribution in [0.5, 0.6) is 0 Å². The maximum Gasteiger partial charge on any atom is 0.243 e. The Labute approximate surface area is 104 Å². The molecule has 1 unspecified atom stereocenters. The van der Waals surface area contributed by atoms with Crippen molar-refractivity contribution in [3.8, 4) is 0 Å². The molecule has 1 rings (SSSR count). The van der Waals surface area contributed by atoms with Gasteiger partial charge in [0.05, 0.1) is 0 Å². The number of nitrogens with zero attached hydrogens (tertiary/aromatic N) is 1. The molecule has 1 amide bonds. The summed E-state index contributed by atoms with van der Waals surface area (Å²) in [6.45, 7) is 5.02. The minimum absolute atomic E-state index is 0.0171. The SMILES string of the molecule is CCC(C)CN(C)C(=O)[C@@H](N)c1ccccc1. The molecule has 3 heteroatoms. The summed E-state index contributed by atoms with van der Waals surface area (Å²) in [5, 5.41) is 0. The first-order chi connectivity index (χ1) is 8.06. The van der Waals surface area contributed by atoms with E-state index < -0.39 is 6.04 Å². The van der Waals surface area contributed by atoms with Crippen molar-refractivity contribution in [2.75, 3.05) is 13.6 Å². The number of rotatable bonds is 5. The molecular formula is C14H22N2O. The molecule has 2 atom stereocenters. The Balaban J connectivity index is 2.64. The van der Waals surface area contributed by atoms with Gasteiger partial charge in [0.1, 0.15) is 6.04 Å². The third-order valence-corrected chi connectivity index (χ3v) is 3.08. The highest BCUT2D eigenvalue weighted by Gasteiger charge is 2.20. The van der Waals surface area contributed by atoms with E-state index in [9.17, 15) is 4.79 Å². The molecule has 0 spiro atoms. The van der Waals surface area contributed by atoms with Crippen LogP contribution in [0.4, 0.5) is 0 Å². The average molecular weight is 234 g/mol. The van der Waals surface area contributed by atoms with Gasteiger partial charge in [-0.15, -0.1) is 0 Å². The van der Waals surface area contributed by atoms with Gasteiger partial charge in [-0.25, -0.2) is 0 Å². The predicted octanol–water partition coefficient (Wildman–Crippen LogP) is 2.19. The molecule has 0 aliphatic heterocycles. The molecule has 0 radical (unpaired) electrons. The van der Waals surface area contributed by atoms with Crippen LogP contribution in [0.3, 0.4) is 0 Å². The van der Waals surface area contributed by atoms with Gasteiger partial charge in [-0.1, -0.05) is 50.6 Å². The quantitative estimate of drug-likeness (QED) is 0.849. The molecule has 1 aromatic rings. The Morgan fingerprint density at radius 2 is 1.94 bits per heavy atom. The van der Waals surface area contributed by atoms with Gasteiger partial charge in [-0.3, -0.25) is 4.79 Å². The van der Waals surface area contributed by atoms with Gasteiger partial charge in [0, 0.05) is 13.6 Å². The molecule has 3 nitrogen and oxygen atoms in total. The van der Waals surface area contributed by atoms with Crippen LogP contribution >= 0.6 is 0 Å². The number of hydrogen-bond acceptors (Lipinski definition) is 2. The molecular weight excluding hydrogens is 212 g/mol. The Hall–Kier alpha value is -1.35. The molecule has 0 saturated heterocycles. The van der Waals surface area contributed by atoms with Crippen molar-refractivity contribution in [2.45, 2.75) is 26.3 Å². The van der Waals surface area contributed by atoms with E-state index in [0.29, 0.717) is 5.92 Å². The van der Waals surface area contributed by atoms with Crippen LogP contribution in [0.2, 0.25) is 0 Å². The largest absolute Gasteiger partial charge is 0.344 e. The average Bonchev–Trinajstić information content (AvgIpc) is 2.37. The van der Waals surface area contributed by atoms with E-state index >= 15 is 0 Å². The Bertz CT molecular complexity index is 350. The maximum atomic E-state index is 12.1. The zero-order valence-electron chi connectivity index (χ0n) is 10.9. The first kappa shape index (κ1) is 13.7. The molecule has 94 valence electrons. The van der Waals surface area contributed by atoms with Crippen LogP contribution in [-0.4, -0.2) is 24.4 Å². The van der Waals surface area contributed by atoms with Gasteiger partial charge in [-0.05, 0) is 11.5 Å². The molecule has 2 N–H and O–H groups in total. The van der Waals surface area contributed by atoms with Gasteiger partial charge in [0.15, 0.2) is 0 Å². The number of amides is 1. The maximum absolute atomic E-state index is 12.1. The van der Waals surface area contributed by atoms with Crippen molar-refractivity contribution in [3.63, 3.8) is 0 Å². The molecule has 17 heavy (non-hydrogen) atoms. The highest BCUT2D eigenvalue weighted by atomic mass is 16.2. The smallest absolute Gasteiger partial charge is 0.243 e. The summed E-state index contributed by atoms with van der Waals surface area (Å²) in [4.78, 5) is 13.8. The summed E-state index contributed by atoms with van der Waals surface area (Å²) in [5.41, 5.74) is 6.83. The topological polar surface area (TPSA) is 46.3 Å². The van der Waals surface area contributed by atoms with Crippen LogP contribution in [0.25, 0.3) is 0 Å². The molecule has 0 fully saturated rings. The standard InChI is InChI=1S/C14H22N2O/c1-4-11(2)10-16(3)14(17)13(15)12-8-6-5-7-9-12/h5-9,11,13H,4,10,15H2,1-3H3/t11?,13-/m0/s1. The van der Waals surface area contributed by atoms with Crippen molar-refractivity contribution in [1.29, 1.82) is 0 Å². The van der Waals surface area contributed by atoms with Crippen molar-refractivity contribution in [2.24, 2.45) is 11.7 Å². The molecule has 0 bridgehead atoms. The van der Waals surface area contributed by atoms with Crippen molar-refractivity contribution < 1.29 is 4.79 Å². The monoisotopic (exact) mass is 234 g/mol. The molecule has 1 aromatic carbocycles. The van der Waals surface area contributed by atoms with E-state index in [1.807, 2.05) is 37.4 Å². The molecule has 0 aliphatic rings. The van der Waals surface area contributed by atoms with E-state index in [4.69, 9.17) is 5.73 Å². The Morgan fingerprint density at radius 1 is 1.35 bits per heavy atom. The lowest BCUT2D eigenvalue weighted by Gasteiger charge is -2.24. The number of likely N-dealkylation sites (N-methyl/N-ethyl adjacent to an activating group) is 1. The minimum atomic E-state index is -0.551. The molecule has 0 heterocycles. The number of nitrogens with two attached hydrogens (primary N) is 1. The number of carbonyl (C=O) groups excluding carboxylic acids is 1. The van der Waals surface area contributed by atoms with Gasteiger partial charge in [-0.2, -0.15) is 0 Å². The Morgan fingerprint density at radius 3 is 2.47 bits per heavy atom. The summed E-state index contributed by atoms with van der Waals surface area (Å²) in [6, 6.07) is 8.95. The van der Waals surface area contributed by atoms with Crippen LogP contribution in [0, 0.1) is 5.92 Å². The number of benzene rings is 1. The summed E-state index contributed by atoms with van der Waals surface area (Å²) in [5.74, 6) is 0.489. The predicted molar refractivity (Wildman–Crippen MR) is 70.5 cm³/mol. The van der Waals surface area contributed by atoms with E-state index in [1.165, 1.54) is 0 Å². The third-order valence-electron chi connectivity index (χ3n) is 3.08. The van der Waals surface area contributed by atoms with Gasteiger partial charge < -0.3 is 10.6 Å². The minimum Gasteiger partial charge on any atom is -0.344 e. The first-order valence-corrected chi connectivity index (χ1v) is 6.11. The number of carbonyl (C=O) groups is 1. The van der Waals surface area contributed by atoms with E-state index in [0.717, 1.165) is 18.5 Å². The van der Waals surface area contributed by atoms with Gasteiger partial charge >= 0.3 is 0 Å². The zero-order valence-corrected chi connectivity index (χ0v) is 10.9. The van der Waals surface area contributed by atoms with Crippen molar-refractivity contribution in [1.82, 2.24) is 4.90 Å². The molecule has 0 aromatic heterocycles. The molecule has 0 aliphatic carbocycles. The molecule has 0 saturated carbocycles. The normalized spacial score (nSPS) is 14.1. The first-order valence-electron chi connectivity index (χ1n) is 6.11. The fourth-order valence-corrected chi connectivity index (χ4v) is 1.73. The number of hydrogen-bond donors (Lipinski definition) is 1. The van der Waals surface area contributed by atoms with Crippen LogP contribution in [-0.2, 0) is 4.79 Å². The van der Waals surface area contributed by atoms with Crippen LogP contribution in [0.1, 0.15) is 31.9 Å². The van der Waals surface area contributed by atoms with Crippen molar-refractivity contribution in [3.05, 3.63) is 35.9 Å². The highest BCUT2D eigenvalue weighted by molar-refractivity contribution is 5.82. The fourth-order valence-electron chi connectivity index (χ4n) is 1.73. The second-order valence-corrected chi connectivity index (χ2v) is 4.62.